The molecule has 0 amide bonds. The summed E-state index contributed by atoms with van der Waals surface area (Å²) in [6.45, 7) is 0. The first-order valence-electron chi connectivity index (χ1n) is 2.45. The molecule has 0 aliphatic heterocycles. The van der Waals surface area contributed by atoms with E-state index in [0.29, 0.717) is 0 Å². The van der Waals surface area contributed by atoms with Crippen LogP contribution in [-0.2, 0) is 9.84 Å². The average molecular weight is 159 g/mol. The van der Waals surface area contributed by atoms with Crippen LogP contribution in [0.2, 0.25) is 0 Å². The Hall–Kier alpha value is -1.04. The van der Waals surface area contributed by atoms with Crippen LogP contribution in [-0.4, -0.2) is 30.1 Å². The van der Waals surface area contributed by atoms with Crippen LogP contribution >= 0.6 is 0 Å². The third-order valence-corrected chi connectivity index (χ3v) is 1.84. The Balaban J connectivity index is 3.22. The molecule has 0 radical (unpaired) electrons. The van der Waals surface area contributed by atoms with Crippen LogP contribution in [0, 0.1) is 0 Å². The lowest BCUT2D eigenvalue weighted by Crippen LogP contribution is -2.01. The molecular formula is C4H5N3O2S. The zero-order valence-corrected chi connectivity index (χ0v) is 6.04. The van der Waals surface area contributed by atoms with Gasteiger partial charge in [-0.25, -0.2) is 8.42 Å². The third kappa shape index (κ3) is 1.47. The fourth-order valence-corrected chi connectivity index (χ4v) is 0.921. The van der Waals surface area contributed by atoms with Crippen molar-refractivity contribution >= 4 is 9.84 Å². The maximum absolute atomic E-state index is 10.7. The van der Waals surface area contributed by atoms with Gasteiger partial charge in [-0.2, -0.15) is 0 Å². The number of rotatable bonds is 1. The Bertz CT molecular complexity index is 307. The predicted octanol–water partition coefficient (Wildman–Crippen LogP) is -0.725. The second kappa shape index (κ2) is 2.30. The monoisotopic (exact) mass is 159 g/mol. The molecule has 0 saturated carbocycles. The van der Waals surface area contributed by atoms with E-state index in [1.807, 2.05) is 0 Å². The molecule has 0 N–H and O–H groups in total. The normalized spacial score (nSPS) is 11.3. The van der Waals surface area contributed by atoms with Gasteiger partial charge < -0.3 is 0 Å². The zero-order chi connectivity index (χ0) is 7.61. The topological polar surface area (TPSA) is 72.8 Å². The van der Waals surface area contributed by atoms with Gasteiger partial charge in [0.2, 0.25) is 0 Å². The minimum absolute atomic E-state index is 0.0532. The summed E-state index contributed by atoms with van der Waals surface area (Å²) in [5, 5.41) is 9.75. The van der Waals surface area contributed by atoms with Crippen LogP contribution in [0.4, 0.5) is 0 Å². The minimum Gasteiger partial charge on any atom is -0.222 e. The predicted molar refractivity (Wildman–Crippen MR) is 32.9 cm³/mol. The van der Waals surface area contributed by atoms with Gasteiger partial charge in [-0.05, 0) is 11.3 Å². The Labute approximate surface area is 58.0 Å². The van der Waals surface area contributed by atoms with Crippen molar-refractivity contribution in [3.8, 4) is 0 Å². The van der Waals surface area contributed by atoms with Crippen molar-refractivity contribution in [3.05, 3.63) is 12.3 Å². The highest BCUT2D eigenvalue weighted by Gasteiger charge is 2.06. The molecular weight excluding hydrogens is 154 g/mol. The first-order chi connectivity index (χ1) is 4.61. The fourth-order valence-electron chi connectivity index (χ4n) is 0.428. The molecule has 10 heavy (non-hydrogen) atoms. The Morgan fingerprint density at radius 1 is 1.50 bits per heavy atom. The Morgan fingerprint density at radius 3 is 2.50 bits per heavy atom. The largest absolute Gasteiger partial charge is 0.222 e. The molecule has 1 aromatic heterocycles. The van der Waals surface area contributed by atoms with Gasteiger partial charge >= 0.3 is 0 Å². The van der Waals surface area contributed by atoms with Crippen molar-refractivity contribution in [2.45, 2.75) is 5.03 Å². The van der Waals surface area contributed by atoms with Crippen molar-refractivity contribution in [2.24, 2.45) is 0 Å². The third-order valence-electron chi connectivity index (χ3n) is 0.859. The molecule has 0 unspecified atom stereocenters. The summed E-state index contributed by atoms with van der Waals surface area (Å²) in [6, 6.07) is 1.29. The Morgan fingerprint density at radius 2 is 2.20 bits per heavy atom. The van der Waals surface area contributed by atoms with Crippen LogP contribution in [0.15, 0.2) is 17.3 Å². The van der Waals surface area contributed by atoms with Crippen molar-refractivity contribution < 1.29 is 8.42 Å². The van der Waals surface area contributed by atoms with Crippen molar-refractivity contribution in [1.29, 1.82) is 0 Å². The number of aromatic nitrogens is 3. The van der Waals surface area contributed by atoms with Crippen molar-refractivity contribution in [2.75, 3.05) is 6.26 Å². The number of sulfone groups is 1. The first-order valence-corrected chi connectivity index (χ1v) is 4.34. The van der Waals surface area contributed by atoms with Crippen LogP contribution in [0.5, 0.6) is 0 Å². The molecule has 6 heteroatoms. The van der Waals surface area contributed by atoms with Crippen LogP contribution in [0.1, 0.15) is 0 Å². The maximum atomic E-state index is 10.7. The zero-order valence-electron chi connectivity index (χ0n) is 5.22. The lowest BCUT2D eigenvalue weighted by atomic mass is 10.7. The molecule has 0 aliphatic rings. The molecule has 5 nitrogen and oxygen atoms in total. The van der Waals surface area contributed by atoms with Crippen molar-refractivity contribution in [1.82, 2.24) is 15.4 Å². The van der Waals surface area contributed by atoms with E-state index in [-0.39, 0.29) is 5.03 Å². The minimum atomic E-state index is -3.22. The van der Waals surface area contributed by atoms with Crippen molar-refractivity contribution in [3.63, 3.8) is 0 Å². The van der Waals surface area contributed by atoms with E-state index in [4.69, 9.17) is 0 Å². The maximum Gasteiger partial charge on any atom is 0.194 e. The van der Waals surface area contributed by atoms with Crippen LogP contribution < -0.4 is 0 Å². The lowest BCUT2D eigenvalue weighted by Gasteiger charge is -1.90. The molecule has 1 aromatic rings. The molecule has 0 aromatic carbocycles. The van der Waals surface area contributed by atoms with E-state index in [0.717, 1.165) is 6.26 Å². The molecule has 54 valence electrons. The summed E-state index contributed by atoms with van der Waals surface area (Å²) in [5.74, 6) is 0. The molecule has 0 saturated heterocycles. The van der Waals surface area contributed by atoms with Gasteiger partial charge in [0.15, 0.2) is 14.9 Å². The van der Waals surface area contributed by atoms with Gasteiger partial charge in [0, 0.05) is 6.26 Å². The number of hydrogen-bond donors (Lipinski definition) is 0. The van der Waals surface area contributed by atoms with Gasteiger partial charge in [-0.15, -0.1) is 10.2 Å². The standard InChI is InChI=1S/C4H5N3O2S/c1-10(8,9)4-2-3-5-7-6-4/h2-3H,1H3. The summed E-state index contributed by atoms with van der Waals surface area (Å²) in [4.78, 5) is 0. The average Bonchev–Trinajstić information content (AvgIpc) is 1.88. The SMILES string of the molecule is CS(=O)(=O)c1ccnnn1. The molecule has 0 aliphatic carbocycles. The second-order valence-corrected chi connectivity index (χ2v) is 3.69. The number of nitrogens with zero attached hydrogens (tertiary/aromatic N) is 3. The Kier molecular flexibility index (Phi) is 1.62. The molecule has 0 fully saturated rings. The molecule has 1 heterocycles. The fraction of sp³-hybridized carbons (Fsp3) is 0.250. The lowest BCUT2D eigenvalue weighted by molar-refractivity contribution is 0.593. The summed E-state index contributed by atoms with van der Waals surface area (Å²) >= 11 is 0. The molecule has 0 atom stereocenters. The quantitative estimate of drug-likeness (QED) is 0.540. The van der Waals surface area contributed by atoms with Crippen LogP contribution in [0.25, 0.3) is 0 Å². The van der Waals surface area contributed by atoms with Gasteiger partial charge in [-0.1, -0.05) is 0 Å². The molecule has 0 bridgehead atoms. The van der Waals surface area contributed by atoms with E-state index >= 15 is 0 Å². The molecule has 1 rings (SSSR count). The van der Waals surface area contributed by atoms with Gasteiger partial charge in [-0.3, -0.25) is 0 Å². The van der Waals surface area contributed by atoms with E-state index in [2.05, 4.69) is 15.4 Å². The smallest absolute Gasteiger partial charge is 0.194 e. The van der Waals surface area contributed by atoms with E-state index in [1.54, 1.807) is 0 Å². The molecule has 0 spiro atoms. The van der Waals surface area contributed by atoms with Gasteiger partial charge in [0.1, 0.15) is 0 Å². The highest BCUT2D eigenvalue weighted by Crippen LogP contribution is 1.98. The summed E-state index contributed by atoms with van der Waals surface area (Å²) in [5.41, 5.74) is 0. The highest BCUT2D eigenvalue weighted by atomic mass is 32.2. The van der Waals surface area contributed by atoms with E-state index in [9.17, 15) is 8.42 Å². The summed E-state index contributed by atoms with van der Waals surface area (Å²) in [7, 11) is -3.22. The number of hydrogen-bond acceptors (Lipinski definition) is 5. The van der Waals surface area contributed by atoms with E-state index < -0.39 is 9.84 Å². The van der Waals surface area contributed by atoms with Gasteiger partial charge in [0.25, 0.3) is 0 Å². The van der Waals surface area contributed by atoms with E-state index in [1.165, 1.54) is 12.3 Å². The summed E-state index contributed by atoms with van der Waals surface area (Å²) < 4.78 is 21.4. The van der Waals surface area contributed by atoms with Crippen LogP contribution in [0.3, 0.4) is 0 Å². The summed E-state index contributed by atoms with van der Waals surface area (Å²) in [6.07, 6.45) is 2.35. The second-order valence-electron chi connectivity index (χ2n) is 1.73. The highest BCUT2D eigenvalue weighted by molar-refractivity contribution is 7.90. The first kappa shape index (κ1) is 7.07. The van der Waals surface area contributed by atoms with Gasteiger partial charge in [0.05, 0.1) is 6.20 Å².